The van der Waals surface area contributed by atoms with E-state index in [0.29, 0.717) is 27.9 Å². The molecule has 2 aliphatic rings. The fourth-order valence-corrected chi connectivity index (χ4v) is 12.3. The first-order valence-electron chi connectivity index (χ1n) is 34.3. The third-order valence-corrected chi connectivity index (χ3v) is 18.1. The number of H-pyrrole nitrogens is 4. The van der Waals surface area contributed by atoms with Crippen LogP contribution in [0.25, 0.3) is 33.4 Å². The molecule has 9 amide bonds. The monoisotopic (exact) mass is 1550 g/mol. The van der Waals surface area contributed by atoms with Gasteiger partial charge in [0.2, 0.25) is 58.5 Å². The van der Waals surface area contributed by atoms with Crippen molar-refractivity contribution in [3.8, 4) is 22.5 Å². The second-order valence-electron chi connectivity index (χ2n) is 25.7. The van der Waals surface area contributed by atoms with Crippen LogP contribution in [0.15, 0.2) is 109 Å². The molecule has 0 radical (unpaired) electrons. The number of carboxylic acids is 5. The van der Waals surface area contributed by atoms with Gasteiger partial charge in [-0.05, 0) is 55.2 Å². The molecule has 40 nitrogen and oxygen atoms in total. The molecule has 4 aromatic heterocycles. The van der Waals surface area contributed by atoms with Crippen molar-refractivity contribution in [2.75, 3.05) is 56.5 Å². The Morgan fingerprint density at radius 2 is 0.928 bits per heavy atom. The molecule has 8 rings (SSSR count). The number of aromatic amines is 4. The van der Waals surface area contributed by atoms with E-state index < -0.39 is 201 Å². The van der Waals surface area contributed by atoms with Crippen LogP contribution in [-0.4, -0.2) is 238 Å². The number of aromatic carboxylic acids is 1. The summed E-state index contributed by atoms with van der Waals surface area (Å²) in [4.78, 5) is 217. The summed E-state index contributed by atoms with van der Waals surface area (Å²) >= 11 is 0.832. The number of benzene rings is 3. The zero-order valence-corrected chi connectivity index (χ0v) is 60.9. The zero-order chi connectivity index (χ0) is 80.6. The minimum atomic E-state index is -1.89. The van der Waals surface area contributed by atoms with E-state index in [-0.39, 0.29) is 51.8 Å². The number of rotatable bonds is 42. The molecule has 588 valence electrons. The van der Waals surface area contributed by atoms with Gasteiger partial charge in [-0.3, -0.25) is 57.5 Å². The van der Waals surface area contributed by atoms with Gasteiger partial charge in [-0.1, -0.05) is 6.07 Å². The molecule has 0 bridgehead atoms. The molecule has 0 saturated heterocycles. The molecule has 8 atom stereocenters. The molecule has 0 fully saturated rings. The summed E-state index contributed by atoms with van der Waals surface area (Å²) < 4.78 is 8.29. The average Bonchev–Trinajstić information content (AvgIpc) is 1.50. The highest BCUT2D eigenvalue weighted by Gasteiger charge is 2.37. The van der Waals surface area contributed by atoms with E-state index in [1.54, 1.807) is 0 Å². The lowest BCUT2D eigenvalue weighted by Crippen LogP contribution is -2.61. The van der Waals surface area contributed by atoms with Crippen LogP contribution in [0.3, 0.4) is 0 Å². The van der Waals surface area contributed by atoms with Crippen LogP contribution in [-0.2, 0) is 88.0 Å². The Morgan fingerprint density at radius 3 is 1.32 bits per heavy atom. The molecule has 1 aliphatic heterocycles. The van der Waals surface area contributed by atoms with Crippen molar-refractivity contribution >= 4 is 117 Å². The molecule has 111 heavy (non-hydrogen) atoms. The Bertz CT molecular complexity index is 4720. The normalized spacial score (nSPS) is 13.3. The van der Waals surface area contributed by atoms with Gasteiger partial charge in [0.15, 0.2) is 0 Å². The Kier molecular flexibility index (Phi) is 29.6. The van der Waals surface area contributed by atoms with Gasteiger partial charge >= 0.3 is 23.9 Å². The highest BCUT2D eigenvalue weighted by atomic mass is 32.2. The number of aliphatic carboxylic acids is 4. The van der Waals surface area contributed by atoms with Crippen LogP contribution in [0.2, 0.25) is 0 Å². The van der Waals surface area contributed by atoms with Crippen LogP contribution in [0, 0.1) is 0 Å². The summed E-state index contributed by atoms with van der Waals surface area (Å²) in [5.74, 6) is -17.4. The summed E-state index contributed by atoms with van der Waals surface area (Å²) in [6.45, 7) is -0.626. The largest absolute Gasteiger partial charge is 0.545 e. The molecule has 5 heterocycles. The molecule has 2 aromatic carbocycles. The quantitative estimate of drug-likeness (QED) is 0.0132. The van der Waals surface area contributed by atoms with Crippen LogP contribution in [0.1, 0.15) is 71.7 Å². The summed E-state index contributed by atoms with van der Waals surface area (Å²) in [5.41, 5.74) is 8.66. The number of hydrogen-bond donors (Lipinski definition) is 18. The number of thioether (sulfide) groups is 1. The van der Waals surface area contributed by atoms with E-state index in [4.69, 9.17) is 10.2 Å². The van der Waals surface area contributed by atoms with Gasteiger partial charge in [0.1, 0.15) is 73.8 Å². The molecule has 0 saturated carbocycles. The number of fused-ring (bicyclic) bond motifs is 2. The molecular weight excluding hydrogens is 1470 g/mol. The van der Waals surface area contributed by atoms with E-state index in [1.807, 2.05) is 74.1 Å². The number of carbonyl (C=O) groups excluding carboxylic acids is 10. The van der Waals surface area contributed by atoms with Crippen molar-refractivity contribution in [2.24, 2.45) is 5.73 Å². The molecule has 0 unspecified atom stereocenters. The van der Waals surface area contributed by atoms with Crippen molar-refractivity contribution < 1.29 is 97.1 Å². The summed E-state index contributed by atoms with van der Waals surface area (Å²) in [7, 11) is 7.44. The number of nitrogens with one attached hydrogen (secondary N) is 13. The van der Waals surface area contributed by atoms with E-state index in [2.05, 4.69) is 87.7 Å². The van der Waals surface area contributed by atoms with Crippen molar-refractivity contribution in [3.63, 3.8) is 0 Å². The number of hydrogen-bond acceptors (Lipinski definition) is 23. The van der Waals surface area contributed by atoms with Gasteiger partial charge in [-0.2, -0.15) is 0 Å². The topological polar surface area (TPSA) is 611 Å². The molecule has 0 spiro atoms. The Morgan fingerprint density at radius 1 is 0.514 bits per heavy atom. The summed E-state index contributed by atoms with van der Waals surface area (Å²) in [6, 6.07) is 1.29. The number of amides is 9. The second-order valence-corrected chi connectivity index (χ2v) is 26.7. The molecule has 6 aromatic rings. The lowest BCUT2D eigenvalue weighted by Gasteiger charge is -2.28. The molecule has 19 N–H and O–H groups in total. The maximum absolute atomic E-state index is 14.6. The third kappa shape index (κ3) is 24.3. The summed E-state index contributed by atoms with van der Waals surface area (Å²) in [5, 5.41) is 75.5. The smallest absolute Gasteiger partial charge is 0.326 e. The second kappa shape index (κ2) is 39.5. The molecule has 41 heteroatoms. The van der Waals surface area contributed by atoms with Crippen molar-refractivity contribution in [1.82, 2.24) is 87.0 Å². The van der Waals surface area contributed by atoms with Crippen LogP contribution in [0.5, 0.6) is 0 Å². The maximum atomic E-state index is 14.6. The van der Waals surface area contributed by atoms with Gasteiger partial charge in [0.25, 0.3) is 0 Å². The third-order valence-electron chi connectivity index (χ3n) is 17.1. The van der Waals surface area contributed by atoms with E-state index in [9.17, 15) is 92.7 Å². The maximum Gasteiger partial charge on any atom is 0.326 e. The predicted octanol–water partition coefficient (Wildman–Crippen LogP) is -3.28. The van der Waals surface area contributed by atoms with E-state index in [1.165, 1.54) is 68.3 Å². The molecular formula is C70H82N20O20S. The zero-order valence-electron chi connectivity index (χ0n) is 60.1. The first kappa shape index (κ1) is 83.3. The standard InChI is InChI=1S/C70H82N20O20S/c1-89(2)40-6-9-43-54(22-40)110-55-23-41(90(3)4)7-10-44(55)61(43)42-8-5-35(17-45(42)69(106)107)80-57(92)30-111-29-53(81-56(91)24-71)68(105)87-51(20-38-27-74-33-78-38)67(104)83-47(12-15-59(95)96)63(100)85-49(18-36-25-72-31-76-36)65(102)82-46(11-14-58(93)94)62(99)86-50(19-37-26-73-32-77-37)66(103)84-48(13-16-60(97)98)64(101)88-52(70(108)109)21-39-28-75-34-79-39/h5-10,17,22-23,25-28,31-34,46-53H,11-16,18-21,24,29-30,71H2,1-4H3,(H17,72,73,74,75,76,77,78,79,81,82,83,84,85,86,87,88,91,93,94,95,96,97,98,99,100,101,102,103,104,105,106,107,108,109)/t46-,47-,48-,49-,50-,51-,52-,53-/m0/s1. The number of aromatic nitrogens is 8. The average molecular weight is 1560 g/mol. The van der Waals surface area contributed by atoms with Crippen LogP contribution < -0.4 is 73.5 Å². The Balaban J connectivity index is 0.980. The summed E-state index contributed by atoms with van der Waals surface area (Å²) in [6.07, 6.45) is 4.24. The number of nitrogens with two attached hydrogens (primary N) is 1. The lowest BCUT2D eigenvalue weighted by atomic mass is 9.90. The van der Waals surface area contributed by atoms with Gasteiger partial charge in [-0.25, -0.2) is 29.3 Å². The Labute approximate surface area is 634 Å². The Hall–Kier alpha value is -13.3. The minimum Gasteiger partial charge on any atom is -0.545 e. The van der Waals surface area contributed by atoms with Crippen molar-refractivity contribution in [3.05, 3.63) is 138 Å². The number of carbonyl (C=O) groups is 14. The lowest BCUT2D eigenvalue weighted by molar-refractivity contribution is -0.255. The fourth-order valence-electron chi connectivity index (χ4n) is 11.4. The van der Waals surface area contributed by atoms with E-state index >= 15 is 0 Å². The van der Waals surface area contributed by atoms with Crippen LogP contribution in [0.4, 0.5) is 11.4 Å². The van der Waals surface area contributed by atoms with Gasteiger partial charge in [-0.15, -0.1) is 11.8 Å². The minimum absolute atomic E-state index is 0.0565. The first-order chi connectivity index (χ1) is 52.9. The van der Waals surface area contributed by atoms with Gasteiger partial charge in [0, 0.05) is 135 Å². The van der Waals surface area contributed by atoms with Crippen molar-refractivity contribution in [1.29, 1.82) is 0 Å². The van der Waals surface area contributed by atoms with E-state index in [0.717, 1.165) is 22.8 Å². The van der Waals surface area contributed by atoms with Crippen LogP contribution >= 0.6 is 11.8 Å². The number of carboxylic acid groups (broad SMARTS) is 5. The molecule has 1 aliphatic carbocycles. The fraction of sp³-hybridized carbons (Fsp3) is 0.357. The number of imidazole rings is 4. The van der Waals surface area contributed by atoms with Crippen molar-refractivity contribution in [2.45, 2.75) is 113 Å². The SMILES string of the molecule is CN(C)c1ccc2c(-c3ccc(NC(=O)CSC[C@H](NC(=O)CN)C(=O)N[C@@H](Cc4c[nH]cn4)C(=O)N[C@@H](CCC(=O)O)C(=O)N[C@@H](Cc4c[nH]cn4)C(=O)N[C@@H](CCC(=O)O)C(=O)N[C@@H](Cc4c[nH]cn4)C(=O)N[C@@H](CCC(=O)O)C(=O)N[C@@H](Cc4c[nH]cn4)C(=O)O)cc3C(=O)[O-])c3ccc(=[N+](C)C)cc-3oc2c1. The predicted molar refractivity (Wildman–Crippen MR) is 392 cm³/mol. The highest BCUT2D eigenvalue weighted by Crippen LogP contribution is 2.42. The van der Waals surface area contributed by atoms with Gasteiger partial charge < -0.3 is 113 Å². The number of anilines is 2. The number of nitrogens with zero attached hydrogens (tertiary/aromatic N) is 6. The first-order valence-corrected chi connectivity index (χ1v) is 35.4. The highest BCUT2D eigenvalue weighted by molar-refractivity contribution is 8.00. The van der Waals surface area contributed by atoms with Gasteiger partial charge in [0.05, 0.1) is 72.4 Å².